The minimum Gasteiger partial charge on any atom is -0.494 e. The monoisotopic (exact) mass is 625 g/mol. The van der Waals surface area contributed by atoms with E-state index in [1.165, 1.54) is 0 Å². The second-order valence-electron chi connectivity index (χ2n) is 11.5. The Morgan fingerprint density at radius 3 is 2.56 bits per heavy atom. The molecule has 11 heteroatoms. The number of ether oxygens (including phenoxy) is 1. The third kappa shape index (κ3) is 6.39. The highest BCUT2D eigenvalue weighted by atomic mass is 32.1. The van der Waals surface area contributed by atoms with Crippen LogP contribution in [0.4, 0.5) is 11.4 Å². The molecule has 0 bridgehead atoms. The standard InChI is InChI=1S/C34H35N5O5S/c1-38(2)22-12-10-21(11-13-22)32-36-25-15-14-23(20-28(25)45-32)44-19-6-4-3-5-18-35-26-9-7-8-24-30(26)34(43)39(33(24)42)27-16-17-29(40)37-31(27)41/h7-15,20,27,35H,3-6,16-19H2,1-2H3,(H,37,40,41). The molecule has 0 spiro atoms. The van der Waals surface area contributed by atoms with Crippen molar-refractivity contribution in [3.8, 4) is 16.3 Å². The van der Waals surface area contributed by atoms with Crippen molar-refractivity contribution in [2.45, 2.75) is 44.6 Å². The van der Waals surface area contributed by atoms with E-state index in [-0.39, 0.29) is 24.0 Å². The van der Waals surface area contributed by atoms with Crippen LogP contribution in [0.25, 0.3) is 20.8 Å². The smallest absolute Gasteiger partial charge is 0.264 e. The molecule has 10 nitrogen and oxygen atoms in total. The maximum atomic E-state index is 13.2. The summed E-state index contributed by atoms with van der Waals surface area (Å²) in [5.41, 5.74) is 4.36. The number of carbonyl (C=O) groups excluding carboxylic acids is 4. The summed E-state index contributed by atoms with van der Waals surface area (Å²) >= 11 is 1.66. The molecule has 2 aliphatic heterocycles. The summed E-state index contributed by atoms with van der Waals surface area (Å²) in [4.78, 5) is 58.0. The molecular weight excluding hydrogens is 590 g/mol. The quantitative estimate of drug-likeness (QED) is 0.157. The molecule has 2 N–H and O–H groups in total. The molecule has 6 rings (SSSR count). The lowest BCUT2D eigenvalue weighted by molar-refractivity contribution is -0.136. The second-order valence-corrected chi connectivity index (χ2v) is 12.5. The molecule has 45 heavy (non-hydrogen) atoms. The summed E-state index contributed by atoms with van der Waals surface area (Å²) in [6.45, 7) is 1.26. The molecule has 3 aromatic carbocycles. The van der Waals surface area contributed by atoms with E-state index in [2.05, 4.69) is 45.9 Å². The van der Waals surface area contributed by atoms with Crippen molar-refractivity contribution in [2.24, 2.45) is 0 Å². The Morgan fingerprint density at radius 1 is 0.978 bits per heavy atom. The van der Waals surface area contributed by atoms with Gasteiger partial charge in [-0.1, -0.05) is 18.9 Å². The van der Waals surface area contributed by atoms with Gasteiger partial charge in [-0.15, -0.1) is 11.3 Å². The Bertz CT molecular complexity index is 1770. The van der Waals surface area contributed by atoms with Crippen LogP contribution in [0.5, 0.6) is 5.75 Å². The number of piperidine rings is 1. The van der Waals surface area contributed by atoms with Crippen LogP contribution in [0.2, 0.25) is 0 Å². The van der Waals surface area contributed by atoms with Crippen molar-refractivity contribution >= 4 is 56.6 Å². The lowest BCUT2D eigenvalue weighted by Crippen LogP contribution is -2.54. The summed E-state index contributed by atoms with van der Waals surface area (Å²) in [6.07, 6.45) is 3.99. The zero-order chi connectivity index (χ0) is 31.5. The number of benzene rings is 3. The lowest BCUT2D eigenvalue weighted by atomic mass is 10.0. The highest BCUT2D eigenvalue weighted by Gasteiger charge is 2.45. The molecule has 2 aliphatic rings. The van der Waals surface area contributed by atoms with Crippen LogP contribution >= 0.6 is 11.3 Å². The largest absolute Gasteiger partial charge is 0.494 e. The lowest BCUT2D eigenvalue weighted by Gasteiger charge is -2.27. The average molecular weight is 626 g/mol. The van der Waals surface area contributed by atoms with Gasteiger partial charge in [0.2, 0.25) is 11.8 Å². The first kappa shape index (κ1) is 30.3. The van der Waals surface area contributed by atoms with E-state index in [0.29, 0.717) is 18.8 Å². The molecule has 1 atom stereocenters. The number of hydrogen-bond acceptors (Lipinski definition) is 9. The number of fused-ring (bicyclic) bond motifs is 2. The van der Waals surface area contributed by atoms with Gasteiger partial charge < -0.3 is 15.0 Å². The van der Waals surface area contributed by atoms with Crippen molar-refractivity contribution in [1.29, 1.82) is 0 Å². The Hall–Kier alpha value is -4.77. The van der Waals surface area contributed by atoms with Gasteiger partial charge in [-0.05, 0) is 73.9 Å². The third-order valence-corrected chi connectivity index (χ3v) is 9.18. The number of unbranched alkanes of at least 4 members (excludes halogenated alkanes) is 3. The normalized spacial score (nSPS) is 16.2. The molecule has 1 aromatic heterocycles. The first-order valence-corrected chi connectivity index (χ1v) is 16.0. The number of nitrogens with one attached hydrogen (secondary N) is 2. The molecule has 232 valence electrons. The fourth-order valence-corrected chi connectivity index (χ4v) is 6.68. The van der Waals surface area contributed by atoms with Crippen molar-refractivity contribution in [3.63, 3.8) is 0 Å². The fraction of sp³-hybridized carbons (Fsp3) is 0.324. The van der Waals surface area contributed by atoms with Gasteiger partial charge in [0.1, 0.15) is 16.8 Å². The van der Waals surface area contributed by atoms with Crippen LogP contribution in [0.3, 0.4) is 0 Å². The number of imide groups is 2. The van der Waals surface area contributed by atoms with E-state index in [9.17, 15) is 19.2 Å². The van der Waals surface area contributed by atoms with Gasteiger partial charge in [-0.3, -0.25) is 29.4 Å². The molecule has 0 saturated carbocycles. The van der Waals surface area contributed by atoms with Crippen LogP contribution in [0.15, 0.2) is 60.7 Å². The van der Waals surface area contributed by atoms with Gasteiger partial charge in [0.15, 0.2) is 0 Å². The Balaban J connectivity index is 0.945. The summed E-state index contributed by atoms with van der Waals surface area (Å²) in [7, 11) is 4.05. The molecule has 1 fully saturated rings. The number of anilines is 2. The first-order chi connectivity index (χ1) is 21.8. The summed E-state index contributed by atoms with van der Waals surface area (Å²) in [6, 6.07) is 18.6. The number of thiazole rings is 1. The van der Waals surface area contributed by atoms with Gasteiger partial charge in [0.25, 0.3) is 11.8 Å². The number of amides is 4. The van der Waals surface area contributed by atoms with Crippen LogP contribution in [0.1, 0.15) is 59.2 Å². The van der Waals surface area contributed by atoms with Crippen LogP contribution in [-0.2, 0) is 9.59 Å². The SMILES string of the molecule is CN(C)c1ccc(-c2nc3ccc(OCCCCCCNc4cccc5c4C(=O)N(C4CCC(=O)NC4=O)C5=O)cc3s2)cc1. The molecular formula is C34H35N5O5S. The molecule has 4 amide bonds. The van der Waals surface area contributed by atoms with E-state index >= 15 is 0 Å². The van der Waals surface area contributed by atoms with Gasteiger partial charge in [-0.25, -0.2) is 4.98 Å². The molecule has 1 unspecified atom stereocenters. The van der Waals surface area contributed by atoms with E-state index in [4.69, 9.17) is 9.72 Å². The maximum Gasteiger partial charge on any atom is 0.264 e. The fourth-order valence-electron chi connectivity index (χ4n) is 5.68. The topological polar surface area (TPSA) is 121 Å². The average Bonchev–Trinajstić information content (AvgIpc) is 3.57. The third-order valence-electron chi connectivity index (χ3n) is 8.11. The van der Waals surface area contributed by atoms with Gasteiger partial charge in [0, 0.05) is 44.0 Å². The highest BCUT2D eigenvalue weighted by molar-refractivity contribution is 7.21. The zero-order valence-electron chi connectivity index (χ0n) is 25.3. The molecule has 1 saturated heterocycles. The highest BCUT2D eigenvalue weighted by Crippen LogP contribution is 2.34. The van der Waals surface area contributed by atoms with E-state index in [0.717, 1.165) is 62.8 Å². The number of carbonyl (C=O) groups is 4. The number of hydrogen-bond donors (Lipinski definition) is 2. The van der Waals surface area contributed by atoms with Gasteiger partial charge in [0.05, 0.1) is 28.0 Å². The van der Waals surface area contributed by atoms with Gasteiger partial charge in [-0.2, -0.15) is 0 Å². The zero-order valence-corrected chi connectivity index (χ0v) is 26.1. The van der Waals surface area contributed by atoms with E-state index in [1.54, 1.807) is 29.5 Å². The molecule has 0 radical (unpaired) electrons. The Labute approximate surface area is 265 Å². The second kappa shape index (κ2) is 13.1. The number of rotatable bonds is 12. The number of nitrogens with zero attached hydrogens (tertiary/aromatic N) is 3. The maximum absolute atomic E-state index is 13.2. The predicted molar refractivity (Wildman–Crippen MR) is 175 cm³/mol. The minimum atomic E-state index is -0.974. The Kier molecular flexibility index (Phi) is 8.79. The molecule has 3 heterocycles. The van der Waals surface area contributed by atoms with Crippen LogP contribution in [-0.4, -0.2) is 66.8 Å². The molecule has 4 aromatic rings. The van der Waals surface area contributed by atoms with E-state index < -0.39 is 29.7 Å². The number of aromatic nitrogens is 1. The van der Waals surface area contributed by atoms with Crippen molar-refractivity contribution in [1.82, 2.24) is 15.2 Å². The first-order valence-electron chi connectivity index (χ1n) is 15.2. The molecule has 0 aliphatic carbocycles. The summed E-state index contributed by atoms with van der Waals surface area (Å²) in [5, 5.41) is 6.52. The van der Waals surface area contributed by atoms with Crippen molar-refractivity contribution in [2.75, 3.05) is 37.5 Å². The minimum absolute atomic E-state index is 0.0924. The van der Waals surface area contributed by atoms with E-state index in [1.807, 2.05) is 26.2 Å². The van der Waals surface area contributed by atoms with Crippen LogP contribution < -0.4 is 20.3 Å². The van der Waals surface area contributed by atoms with Gasteiger partial charge >= 0.3 is 0 Å². The predicted octanol–water partition coefficient (Wildman–Crippen LogP) is 5.48. The van der Waals surface area contributed by atoms with Crippen molar-refractivity contribution < 1.29 is 23.9 Å². The summed E-state index contributed by atoms with van der Waals surface area (Å²) < 4.78 is 7.12. The Morgan fingerprint density at radius 2 is 1.78 bits per heavy atom. The van der Waals surface area contributed by atoms with Crippen molar-refractivity contribution in [3.05, 3.63) is 71.8 Å². The summed E-state index contributed by atoms with van der Waals surface area (Å²) in [5.74, 6) is -1.17. The van der Waals surface area contributed by atoms with Crippen LogP contribution in [0, 0.1) is 0 Å².